The number of piperazine rings is 1. The third-order valence-electron chi connectivity index (χ3n) is 8.15. The number of rotatable bonds is 6. The highest BCUT2D eigenvalue weighted by Crippen LogP contribution is 2.30. The van der Waals surface area contributed by atoms with Crippen molar-refractivity contribution in [3.63, 3.8) is 0 Å². The molecule has 204 valence electrons. The van der Waals surface area contributed by atoms with Gasteiger partial charge in [-0.05, 0) is 69.6 Å². The van der Waals surface area contributed by atoms with Crippen molar-refractivity contribution in [3.05, 3.63) is 29.8 Å². The second-order valence-corrected chi connectivity index (χ2v) is 11.9. The number of hydrogen-bond acceptors (Lipinski definition) is 6. The van der Waals surface area contributed by atoms with Crippen LogP contribution < -0.4 is 10.2 Å². The minimum atomic E-state index is -0.447. The Bertz CT molecular complexity index is 942. The average molecular weight is 513 g/mol. The van der Waals surface area contributed by atoms with Crippen LogP contribution in [0.3, 0.4) is 0 Å². The summed E-state index contributed by atoms with van der Waals surface area (Å²) in [5.41, 5.74) is 1.73. The summed E-state index contributed by atoms with van der Waals surface area (Å²) in [6.07, 6.45) is 4.08. The highest BCUT2D eigenvalue weighted by Gasteiger charge is 2.32. The summed E-state index contributed by atoms with van der Waals surface area (Å²) >= 11 is 0. The Morgan fingerprint density at radius 3 is 2.22 bits per heavy atom. The molecule has 3 saturated heterocycles. The fraction of sp³-hybridized carbons (Fsp3) is 0.690. The van der Waals surface area contributed by atoms with Crippen LogP contribution in [0.25, 0.3) is 0 Å². The Morgan fingerprint density at radius 1 is 1.00 bits per heavy atom. The number of imide groups is 1. The molecule has 4 rings (SSSR count). The van der Waals surface area contributed by atoms with Gasteiger partial charge in [0, 0.05) is 57.9 Å². The zero-order chi connectivity index (χ0) is 26.6. The molecule has 3 aliphatic rings. The average Bonchev–Trinajstić information content (AvgIpc) is 2.87. The SMILES string of the molecule is CCC(CN1CCN(c2ccc(C3CCC(=O)NC3=O)cc2)CC1)C1CCN(C(=O)OC(C)(C)C)CC1. The lowest BCUT2D eigenvalue weighted by Crippen LogP contribution is -2.49. The molecule has 1 aromatic rings. The van der Waals surface area contributed by atoms with E-state index in [1.54, 1.807) is 0 Å². The van der Waals surface area contributed by atoms with E-state index in [4.69, 9.17) is 4.74 Å². The molecule has 0 bridgehead atoms. The van der Waals surface area contributed by atoms with E-state index in [0.29, 0.717) is 24.7 Å². The number of carbonyl (C=O) groups is 3. The molecule has 3 aliphatic heterocycles. The standard InChI is InChI=1S/C29H44N4O4/c1-5-21(22-12-14-33(15-13-22)28(36)37-29(2,3)4)20-31-16-18-32(19-17-31)24-8-6-23(7-9-24)25-10-11-26(34)30-27(25)35/h6-9,21-22,25H,5,10-20H2,1-4H3,(H,30,34,35). The fourth-order valence-electron chi connectivity index (χ4n) is 5.94. The number of benzene rings is 1. The summed E-state index contributed by atoms with van der Waals surface area (Å²) in [5.74, 6) is 0.721. The molecule has 1 aromatic carbocycles. The molecule has 3 heterocycles. The van der Waals surface area contributed by atoms with Gasteiger partial charge in [-0.1, -0.05) is 25.5 Å². The molecule has 8 heteroatoms. The summed E-state index contributed by atoms with van der Waals surface area (Å²) in [4.78, 5) is 42.9. The minimum absolute atomic E-state index is 0.174. The number of nitrogens with one attached hydrogen (secondary N) is 1. The van der Waals surface area contributed by atoms with Crippen molar-refractivity contribution >= 4 is 23.6 Å². The molecular formula is C29H44N4O4. The van der Waals surface area contributed by atoms with Gasteiger partial charge in [-0.15, -0.1) is 0 Å². The first-order chi connectivity index (χ1) is 17.6. The van der Waals surface area contributed by atoms with Crippen LogP contribution in [0.15, 0.2) is 24.3 Å². The summed E-state index contributed by atoms with van der Waals surface area (Å²) in [5, 5.41) is 2.45. The number of anilines is 1. The number of piperidine rings is 2. The van der Waals surface area contributed by atoms with Gasteiger partial charge in [0.2, 0.25) is 11.8 Å². The van der Waals surface area contributed by atoms with Crippen LogP contribution in [0.1, 0.15) is 71.3 Å². The van der Waals surface area contributed by atoms with Crippen molar-refractivity contribution in [2.45, 2.75) is 71.3 Å². The van der Waals surface area contributed by atoms with Gasteiger partial charge in [0.15, 0.2) is 0 Å². The molecule has 2 atom stereocenters. The number of hydrogen-bond donors (Lipinski definition) is 1. The molecule has 3 fully saturated rings. The maximum Gasteiger partial charge on any atom is 0.410 e. The van der Waals surface area contributed by atoms with Crippen LogP contribution in [0, 0.1) is 11.8 Å². The van der Waals surface area contributed by atoms with Gasteiger partial charge in [-0.3, -0.25) is 19.8 Å². The molecular weight excluding hydrogens is 468 g/mol. The molecule has 0 aromatic heterocycles. The van der Waals surface area contributed by atoms with Gasteiger partial charge in [0.05, 0.1) is 5.92 Å². The van der Waals surface area contributed by atoms with Crippen molar-refractivity contribution in [1.82, 2.24) is 15.1 Å². The maximum atomic E-state index is 12.4. The molecule has 0 saturated carbocycles. The number of likely N-dealkylation sites (tertiary alicyclic amines) is 1. The van der Waals surface area contributed by atoms with Crippen LogP contribution in [0.2, 0.25) is 0 Å². The maximum absolute atomic E-state index is 12.4. The zero-order valence-electron chi connectivity index (χ0n) is 23.0. The van der Waals surface area contributed by atoms with Gasteiger partial charge in [-0.2, -0.15) is 0 Å². The monoisotopic (exact) mass is 512 g/mol. The predicted octanol–water partition coefficient (Wildman–Crippen LogP) is 4.00. The lowest BCUT2D eigenvalue weighted by molar-refractivity contribution is -0.134. The highest BCUT2D eigenvalue weighted by atomic mass is 16.6. The summed E-state index contributed by atoms with van der Waals surface area (Å²) in [7, 11) is 0. The first-order valence-electron chi connectivity index (χ1n) is 14.0. The van der Waals surface area contributed by atoms with E-state index in [0.717, 1.165) is 64.2 Å². The van der Waals surface area contributed by atoms with Gasteiger partial charge in [-0.25, -0.2) is 4.79 Å². The quantitative estimate of drug-likeness (QED) is 0.580. The van der Waals surface area contributed by atoms with Gasteiger partial charge < -0.3 is 14.5 Å². The van der Waals surface area contributed by atoms with Gasteiger partial charge >= 0.3 is 6.09 Å². The Morgan fingerprint density at radius 2 is 1.65 bits per heavy atom. The normalized spacial score (nSPS) is 23.1. The van der Waals surface area contributed by atoms with Gasteiger partial charge in [0.25, 0.3) is 0 Å². The highest BCUT2D eigenvalue weighted by molar-refractivity contribution is 6.00. The second-order valence-electron chi connectivity index (χ2n) is 11.9. The van der Waals surface area contributed by atoms with Crippen LogP contribution >= 0.6 is 0 Å². The molecule has 0 radical (unpaired) electrons. The molecule has 2 unspecified atom stereocenters. The van der Waals surface area contributed by atoms with Crippen molar-refractivity contribution < 1.29 is 19.1 Å². The van der Waals surface area contributed by atoms with Crippen LogP contribution in [-0.4, -0.2) is 79.1 Å². The van der Waals surface area contributed by atoms with Crippen LogP contribution in [0.4, 0.5) is 10.5 Å². The zero-order valence-corrected chi connectivity index (χ0v) is 23.0. The van der Waals surface area contributed by atoms with Crippen LogP contribution in [0.5, 0.6) is 0 Å². The van der Waals surface area contributed by atoms with E-state index < -0.39 is 5.60 Å². The Labute approximate surface area is 221 Å². The lowest BCUT2D eigenvalue weighted by Gasteiger charge is -2.41. The summed E-state index contributed by atoms with van der Waals surface area (Å²) in [6.45, 7) is 14.8. The number of nitrogens with zero attached hydrogens (tertiary/aromatic N) is 3. The molecule has 1 N–H and O–H groups in total. The smallest absolute Gasteiger partial charge is 0.410 e. The van der Waals surface area contributed by atoms with E-state index in [2.05, 4.69) is 34.2 Å². The number of amides is 3. The van der Waals surface area contributed by atoms with Crippen LogP contribution in [-0.2, 0) is 14.3 Å². The Hall–Kier alpha value is -2.61. The van der Waals surface area contributed by atoms with Crippen molar-refractivity contribution in [2.75, 3.05) is 50.7 Å². The van der Waals surface area contributed by atoms with Crippen molar-refractivity contribution in [1.29, 1.82) is 0 Å². The molecule has 8 nitrogen and oxygen atoms in total. The largest absolute Gasteiger partial charge is 0.444 e. The molecule has 3 amide bonds. The summed E-state index contributed by atoms with van der Waals surface area (Å²) < 4.78 is 5.56. The van der Waals surface area contributed by atoms with Gasteiger partial charge in [0.1, 0.15) is 5.60 Å². The second kappa shape index (κ2) is 11.8. The topological polar surface area (TPSA) is 82.2 Å². The third kappa shape index (κ3) is 7.24. The molecule has 37 heavy (non-hydrogen) atoms. The van der Waals surface area contributed by atoms with E-state index >= 15 is 0 Å². The number of carbonyl (C=O) groups excluding carboxylic acids is 3. The number of ether oxygens (including phenoxy) is 1. The summed E-state index contributed by atoms with van der Waals surface area (Å²) in [6, 6.07) is 8.31. The third-order valence-corrected chi connectivity index (χ3v) is 8.15. The molecule has 0 spiro atoms. The first kappa shape index (κ1) is 27.4. The van der Waals surface area contributed by atoms with E-state index in [-0.39, 0.29) is 23.8 Å². The van der Waals surface area contributed by atoms with E-state index in [9.17, 15) is 14.4 Å². The van der Waals surface area contributed by atoms with E-state index in [1.165, 1.54) is 12.1 Å². The fourth-order valence-corrected chi connectivity index (χ4v) is 5.94. The lowest BCUT2D eigenvalue weighted by atomic mass is 9.82. The minimum Gasteiger partial charge on any atom is -0.444 e. The van der Waals surface area contributed by atoms with Crippen molar-refractivity contribution in [2.24, 2.45) is 11.8 Å². The van der Waals surface area contributed by atoms with Crippen molar-refractivity contribution in [3.8, 4) is 0 Å². The van der Waals surface area contributed by atoms with E-state index in [1.807, 2.05) is 37.8 Å². The molecule has 0 aliphatic carbocycles. The first-order valence-corrected chi connectivity index (χ1v) is 14.0. The Kier molecular flexibility index (Phi) is 8.78. The Balaban J connectivity index is 1.23. The predicted molar refractivity (Wildman–Crippen MR) is 145 cm³/mol.